The maximum absolute atomic E-state index is 5.39. The fraction of sp³-hybridized carbons (Fsp3) is 0.643. The Labute approximate surface area is 124 Å². The van der Waals surface area contributed by atoms with Crippen LogP contribution >= 0.6 is 11.3 Å². The Kier molecular flexibility index (Phi) is 5.01. The van der Waals surface area contributed by atoms with Gasteiger partial charge in [-0.3, -0.25) is 4.40 Å². The van der Waals surface area contributed by atoms with E-state index in [4.69, 9.17) is 4.74 Å². The molecule has 112 valence electrons. The number of ether oxygens (including phenoxy) is 1. The van der Waals surface area contributed by atoms with Crippen molar-refractivity contribution >= 4 is 16.3 Å². The van der Waals surface area contributed by atoms with Gasteiger partial charge in [-0.2, -0.15) is 4.98 Å². The molecule has 2 aromatic rings. The summed E-state index contributed by atoms with van der Waals surface area (Å²) in [5.74, 6) is 1.30. The van der Waals surface area contributed by atoms with Crippen LogP contribution in [-0.2, 0) is 6.54 Å². The Morgan fingerprint density at radius 2 is 2.20 bits per heavy atom. The highest BCUT2D eigenvalue weighted by molar-refractivity contribution is 7.15. The molecule has 0 saturated carbocycles. The van der Waals surface area contributed by atoms with Gasteiger partial charge in [-0.25, -0.2) is 0 Å². The Morgan fingerprint density at radius 1 is 1.45 bits per heavy atom. The van der Waals surface area contributed by atoms with E-state index < -0.39 is 0 Å². The predicted octanol–water partition coefficient (Wildman–Crippen LogP) is 2.08. The van der Waals surface area contributed by atoms with Gasteiger partial charge in [0, 0.05) is 30.7 Å². The van der Waals surface area contributed by atoms with E-state index >= 15 is 0 Å². The molecule has 0 bridgehead atoms. The van der Waals surface area contributed by atoms with Crippen LogP contribution in [0.5, 0.6) is 5.88 Å². The van der Waals surface area contributed by atoms with Gasteiger partial charge in [-0.1, -0.05) is 13.8 Å². The fourth-order valence-electron chi connectivity index (χ4n) is 2.27. The molecule has 20 heavy (non-hydrogen) atoms. The summed E-state index contributed by atoms with van der Waals surface area (Å²) in [4.78, 5) is 7.68. The first-order valence-corrected chi connectivity index (χ1v) is 7.77. The molecule has 2 heterocycles. The fourth-order valence-corrected chi connectivity index (χ4v) is 2.99. The lowest BCUT2D eigenvalue weighted by Gasteiger charge is -2.25. The second-order valence-electron chi connectivity index (χ2n) is 5.62. The summed E-state index contributed by atoms with van der Waals surface area (Å²) in [5, 5.41) is 5.68. The third kappa shape index (κ3) is 3.31. The summed E-state index contributed by atoms with van der Waals surface area (Å²) in [6.07, 6.45) is 2.04. The van der Waals surface area contributed by atoms with E-state index in [1.165, 1.54) is 0 Å². The van der Waals surface area contributed by atoms with Crippen molar-refractivity contribution in [1.82, 2.24) is 19.6 Å². The smallest absolute Gasteiger partial charge is 0.237 e. The first-order valence-electron chi connectivity index (χ1n) is 6.89. The van der Waals surface area contributed by atoms with Crippen molar-refractivity contribution in [3.05, 3.63) is 17.3 Å². The third-order valence-electron chi connectivity index (χ3n) is 3.42. The first-order chi connectivity index (χ1) is 9.52. The largest absolute Gasteiger partial charge is 0.480 e. The predicted molar refractivity (Wildman–Crippen MR) is 83.6 cm³/mol. The van der Waals surface area contributed by atoms with Crippen LogP contribution in [0, 0.1) is 5.92 Å². The first kappa shape index (κ1) is 15.3. The van der Waals surface area contributed by atoms with Crippen molar-refractivity contribution in [2.24, 2.45) is 5.92 Å². The average Bonchev–Trinajstić information content (AvgIpc) is 2.94. The monoisotopic (exact) mass is 296 g/mol. The molecule has 0 aliphatic heterocycles. The molecule has 1 unspecified atom stereocenters. The van der Waals surface area contributed by atoms with Crippen LogP contribution in [0.25, 0.3) is 4.96 Å². The van der Waals surface area contributed by atoms with Crippen LogP contribution in [0.4, 0.5) is 0 Å². The van der Waals surface area contributed by atoms with Crippen LogP contribution in [-0.4, -0.2) is 48.1 Å². The lowest BCUT2D eigenvalue weighted by molar-refractivity contribution is 0.285. The van der Waals surface area contributed by atoms with Gasteiger partial charge in [-0.05, 0) is 20.0 Å². The number of hydrogen-bond acceptors (Lipinski definition) is 5. The molecule has 2 rings (SSSR count). The minimum atomic E-state index is 0.443. The highest BCUT2D eigenvalue weighted by Gasteiger charge is 2.18. The van der Waals surface area contributed by atoms with E-state index in [2.05, 4.69) is 47.5 Å². The Bertz CT molecular complexity index is 546. The van der Waals surface area contributed by atoms with Crippen LogP contribution in [0.3, 0.4) is 0 Å². The van der Waals surface area contributed by atoms with Crippen molar-refractivity contribution < 1.29 is 4.74 Å². The zero-order chi connectivity index (χ0) is 14.7. The number of methoxy groups -OCH3 is 1. The number of nitrogens with one attached hydrogen (secondary N) is 1. The van der Waals surface area contributed by atoms with Crippen molar-refractivity contribution in [2.75, 3.05) is 27.7 Å². The molecule has 1 N–H and O–H groups in total. The van der Waals surface area contributed by atoms with E-state index in [-0.39, 0.29) is 0 Å². The molecular weight excluding hydrogens is 272 g/mol. The summed E-state index contributed by atoms with van der Waals surface area (Å²) in [7, 11) is 5.89. The molecule has 0 spiro atoms. The standard InChI is InChI=1S/C14H24N4OS/c1-10(2)11(9-17(3)4)15-8-12-13(19-5)16-14-18(12)6-7-20-14/h6-7,10-11,15H,8-9H2,1-5H3. The van der Waals surface area contributed by atoms with Gasteiger partial charge in [0.1, 0.15) is 5.69 Å². The molecule has 0 fully saturated rings. The Morgan fingerprint density at radius 3 is 2.80 bits per heavy atom. The van der Waals surface area contributed by atoms with Crippen LogP contribution in [0.1, 0.15) is 19.5 Å². The maximum Gasteiger partial charge on any atom is 0.237 e. The summed E-state index contributed by atoms with van der Waals surface area (Å²) < 4.78 is 7.49. The highest BCUT2D eigenvalue weighted by Crippen LogP contribution is 2.23. The molecule has 2 aromatic heterocycles. The van der Waals surface area contributed by atoms with Gasteiger partial charge < -0.3 is 15.0 Å². The van der Waals surface area contributed by atoms with Gasteiger partial charge in [0.2, 0.25) is 5.88 Å². The number of fused-ring (bicyclic) bond motifs is 1. The van der Waals surface area contributed by atoms with Crippen LogP contribution in [0.15, 0.2) is 11.6 Å². The number of hydrogen-bond donors (Lipinski definition) is 1. The number of imidazole rings is 1. The van der Waals surface area contributed by atoms with E-state index in [0.717, 1.165) is 29.6 Å². The molecule has 6 heteroatoms. The van der Waals surface area contributed by atoms with E-state index in [1.54, 1.807) is 18.4 Å². The molecule has 0 aromatic carbocycles. The number of aromatic nitrogens is 2. The van der Waals surface area contributed by atoms with Crippen LogP contribution < -0.4 is 10.1 Å². The number of rotatable bonds is 7. The molecule has 0 aliphatic carbocycles. The number of thiazole rings is 1. The maximum atomic E-state index is 5.39. The topological polar surface area (TPSA) is 41.8 Å². The quantitative estimate of drug-likeness (QED) is 0.849. The van der Waals surface area contributed by atoms with Crippen LogP contribution in [0.2, 0.25) is 0 Å². The van der Waals surface area contributed by atoms with E-state index in [9.17, 15) is 0 Å². The minimum absolute atomic E-state index is 0.443. The summed E-state index contributed by atoms with van der Waals surface area (Å²) in [6, 6.07) is 0.443. The molecular formula is C14H24N4OS. The zero-order valence-electron chi connectivity index (χ0n) is 12.9. The molecule has 0 aliphatic rings. The second-order valence-corrected chi connectivity index (χ2v) is 6.49. The van der Waals surface area contributed by atoms with Gasteiger partial charge in [0.05, 0.1) is 7.11 Å². The lowest BCUT2D eigenvalue weighted by Crippen LogP contribution is -2.41. The lowest BCUT2D eigenvalue weighted by atomic mass is 10.0. The van der Waals surface area contributed by atoms with Gasteiger partial charge in [-0.15, -0.1) is 11.3 Å². The van der Waals surface area contributed by atoms with Gasteiger partial charge in [0.15, 0.2) is 4.96 Å². The molecule has 5 nitrogen and oxygen atoms in total. The Balaban J connectivity index is 2.12. The number of nitrogens with zero attached hydrogens (tertiary/aromatic N) is 3. The van der Waals surface area contributed by atoms with Gasteiger partial charge >= 0.3 is 0 Å². The second kappa shape index (κ2) is 6.56. The SMILES string of the molecule is COc1nc2sccn2c1CNC(CN(C)C)C(C)C. The Hall–Kier alpha value is -1.11. The summed E-state index contributed by atoms with van der Waals surface area (Å²) in [5.41, 5.74) is 1.09. The summed E-state index contributed by atoms with van der Waals surface area (Å²) >= 11 is 1.62. The van der Waals surface area contributed by atoms with Gasteiger partial charge in [0.25, 0.3) is 0 Å². The molecule has 0 amide bonds. The highest BCUT2D eigenvalue weighted by atomic mass is 32.1. The third-order valence-corrected chi connectivity index (χ3v) is 4.17. The van der Waals surface area contributed by atoms with Crippen molar-refractivity contribution in [1.29, 1.82) is 0 Å². The zero-order valence-corrected chi connectivity index (χ0v) is 13.7. The molecule has 0 saturated heterocycles. The molecule has 0 radical (unpaired) electrons. The van der Waals surface area contributed by atoms with Crippen molar-refractivity contribution in [2.45, 2.75) is 26.4 Å². The minimum Gasteiger partial charge on any atom is -0.480 e. The van der Waals surface area contributed by atoms with E-state index in [1.807, 2.05) is 11.6 Å². The summed E-state index contributed by atoms with van der Waals surface area (Å²) in [6.45, 7) is 6.27. The number of likely N-dealkylation sites (N-methyl/N-ethyl adjacent to an activating group) is 1. The average molecular weight is 296 g/mol. The molecule has 1 atom stereocenters. The van der Waals surface area contributed by atoms with Crippen molar-refractivity contribution in [3.8, 4) is 5.88 Å². The normalized spacial score (nSPS) is 13.6. The van der Waals surface area contributed by atoms with Crippen molar-refractivity contribution in [3.63, 3.8) is 0 Å². The van der Waals surface area contributed by atoms with E-state index in [0.29, 0.717) is 12.0 Å².